The van der Waals surface area contributed by atoms with E-state index in [9.17, 15) is 4.21 Å². The topological polar surface area (TPSA) is 70.8 Å². The monoisotopic (exact) mass is 365 g/mol. The zero-order chi connectivity index (χ0) is 14.8. The smallest absolute Gasteiger partial charge is 0.0701 e. The molecule has 0 aliphatic carbocycles. The predicted octanol–water partition coefficient (Wildman–Crippen LogP) is 1.82. The number of methoxy groups -OCH3 is 1. The first-order chi connectivity index (χ1) is 9.65. The highest BCUT2D eigenvalue weighted by Crippen LogP contribution is 2.23. The first kappa shape index (κ1) is 17.6. The highest BCUT2D eigenvalue weighted by atomic mass is 79.9. The Bertz CT molecular complexity index is 431. The molecule has 7 heteroatoms. The summed E-state index contributed by atoms with van der Waals surface area (Å²) in [6.07, 6.45) is 0. The molecule has 1 rings (SSSR count). The van der Waals surface area contributed by atoms with E-state index >= 15 is 0 Å². The van der Waals surface area contributed by atoms with Crippen LogP contribution in [-0.2, 0) is 25.0 Å². The second-order valence-electron chi connectivity index (χ2n) is 3.96. The normalized spacial score (nSPS) is 12.5. The van der Waals surface area contributed by atoms with E-state index in [1.54, 1.807) is 25.3 Å². The first-order valence-corrected chi connectivity index (χ1v) is 8.34. The molecule has 0 saturated heterocycles. The molecule has 5 nitrogen and oxygen atoms in total. The van der Waals surface area contributed by atoms with Gasteiger partial charge in [-0.15, -0.1) is 0 Å². The lowest BCUT2D eigenvalue weighted by Gasteiger charge is -2.07. The number of rotatable bonds is 10. The van der Waals surface area contributed by atoms with Gasteiger partial charge in [-0.2, -0.15) is 0 Å². The largest absolute Gasteiger partial charge is 0.399 e. The van der Waals surface area contributed by atoms with E-state index in [4.69, 9.17) is 19.9 Å². The van der Waals surface area contributed by atoms with Gasteiger partial charge in [-0.1, -0.05) is 0 Å². The fraction of sp³-hybridized carbons (Fsp3) is 0.538. The third kappa shape index (κ3) is 6.81. The molecule has 20 heavy (non-hydrogen) atoms. The molecule has 0 heterocycles. The summed E-state index contributed by atoms with van der Waals surface area (Å²) in [5.41, 5.74) is 6.28. The lowest BCUT2D eigenvalue weighted by Crippen LogP contribution is -2.12. The number of halogens is 1. The highest BCUT2D eigenvalue weighted by molar-refractivity contribution is 9.10. The van der Waals surface area contributed by atoms with Crippen molar-refractivity contribution < 1.29 is 18.4 Å². The summed E-state index contributed by atoms with van der Waals surface area (Å²) < 4.78 is 28.3. The minimum atomic E-state index is -1.10. The minimum Gasteiger partial charge on any atom is -0.399 e. The summed E-state index contributed by atoms with van der Waals surface area (Å²) in [5, 5.41) is 0. The maximum Gasteiger partial charge on any atom is 0.0701 e. The summed E-state index contributed by atoms with van der Waals surface area (Å²) in [5.74, 6) is 0.445. The van der Waals surface area contributed by atoms with Gasteiger partial charge in [0, 0.05) is 17.3 Å². The SMILES string of the molecule is COCCOCCOCCS(=O)c1ccc(N)cc1Br. The Labute approximate surface area is 130 Å². The van der Waals surface area contributed by atoms with Crippen LogP contribution < -0.4 is 5.73 Å². The van der Waals surface area contributed by atoms with Crippen molar-refractivity contribution in [2.45, 2.75) is 4.90 Å². The van der Waals surface area contributed by atoms with Gasteiger partial charge in [0.2, 0.25) is 0 Å². The Kier molecular flexibility index (Phi) is 9.04. The molecule has 0 saturated carbocycles. The molecule has 0 aliphatic rings. The molecule has 0 spiro atoms. The fourth-order valence-electron chi connectivity index (χ4n) is 1.41. The van der Waals surface area contributed by atoms with Gasteiger partial charge in [-0.3, -0.25) is 4.21 Å². The van der Waals surface area contributed by atoms with E-state index in [1.165, 1.54) is 0 Å². The molecule has 0 aromatic heterocycles. The third-order valence-corrected chi connectivity index (χ3v) is 4.72. The van der Waals surface area contributed by atoms with Gasteiger partial charge in [0.15, 0.2) is 0 Å². The summed E-state index contributed by atoms with van der Waals surface area (Å²) in [6.45, 7) is 2.57. The van der Waals surface area contributed by atoms with Crippen LogP contribution in [0.25, 0.3) is 0 Å². The Morgan fingerprint density at radius 2 is 1.80 bits per heavy atom. The average molecular weight is 366 g/mol. The molecule has 114 valence electrons. The van der Waals surface area contributed by atoms with Crippen LogP contribution in [0.5, 0.6) is 0 Å². The molecule has 1 atom stereocenters. The number of anilines is 1. The fourth-order valence-corrected chi connectivity index (χ4v) is 3.33. The van der Waals surface area contributed by atoms with E-state index in [1.807, 2.05) is 0 Å². The Hall–Kier alpha value is -0.470. The zero-order valence-electron chi connectivity index (χ0n) is 11.5. The van der Waals surface area contributed by atoms with Crippen LogP contribution in [0.1, 0.15) is 0 Å². The number of nitrogens with two attached hydrogens (primary N) is 1. The predicted molar refractivity (Wildman–Crippen MR) is 83.3 cm³/mol. The van der Waals surface area contributed by atoms with Crippen molar-refractivity contribution in [3.05, 3.63) is 22.7 Å². The molecular weight excluding hydrogens is 346 g/mol. The van der Waals surface area contributed by atoms with E-state index in [-0.39, 0.29) is 0 Å². The van der Waals surface area contributed by atoms with Crippen molar-refractivity contribution in [2.24, 2.45) is 0 Å². The summed E-state index contributed by atoms with van der Waals surface area (Å²) in [6, 6.07) is 5.25. The number of ether oxygens (including phenoxy) is 3. The molecule has 0 bridgehead atoms. The molecule has 1 unspecified atom stereocenters. The van der Waals surface area contributed by atoms with E-state index in [0.29, 0.717) is 44.5 Å². The molecular formula is C13H20BrNO4S. The maximum absolute atomic E-state index is 12.1. The molecule has 1 aromatic rings. The first-order valence-electron chi connectivity index (χ1n) is 6.23. The van der Waals surface area contributed by atoms with E-state index in [0.717, 1.165) is 9.37 Å². The van der Waals surface area contributed by atoms with Gasteiger partial charge < -0.3 is 19.9 Å². The number of hydrogen-bond acceptors (Lipinski definition) is 5. The quantitative estimate of drug-likeness (QED) is 0.505. The van der Waals surface area contributed by atoms with Gasteiger partial charge in [-0.25, -0.2) is 0 Å². The number of benzene rings is 1. The maximum atomic E-state index is 12.1. The van der Waals surface area contributed by atoms with Crippen LogP contribution in [0.4, 0.5) is 5.69 Å². The average Bonchev–Trinajstić information content (AvgIpc) is 2.41. The van der Waals surface area contributed by atoms with Gasteiger partial charge in [-0.05, 0) is 34.1 Å². The van der Waals surface area contributed by atoms with Gasteiger partial charge in [0.05, 0.1) is 54.5 Å². The Morgan fingerprint density at radius 1 is 1.15 bits per heavy atom. The molecule has 0 aliphatic heterocycles. The minimum absolute atomic E-state index is 0.428. The summed E-state index contributed by atoms with van der Waals surface area (Å²) in [7, 11) is 0.528. The van der Waals surface area contributed by atoms with Crippen molar-refractivity contribution >= 4 is 32.4 Å². The second-order valence-corrected chi connectivity index (χ2v) is 6.35. The van der Waals surface area contributed by atoms with Crippen LogP contribution in [0.15, 0.2) is 27.6 Å². The molecule has 0 radical (unpaired) electrons. The van der Waals surface area contributed by atoms with Crippen LogP contribution in [-0.4, -0.2) is 50.1 Å². The molecule has 0 fully saturated rings. The van der Waals surface area contributed by atoms with Gasteiger partial charge in [0.1, 0.15) is 0 Å². The molecule has 2 N–H and O–H groups in total. The van der Waals surface area contributed by atoms with Crippen LogP contribution in [0, 0.1) is 0 Å². The molecule has 1 aromatic carbocycles. The lowest BCUT2D eigenvalue weighted by atomic mass is 10.3. The van der Waals surface area contributed by atoms with Crippen LogP contribution >= 0.6 is 15.9 Å². The summed E-state index contributed by atoms with van der Waals surface area (Å²) >= 11 is 3.36. The van der Waals surface area contributed by atoms with Crippen molar-refractivity contribution in [1.29, 1.82) is 0 Å². The zero-order valence-corrected chi connectivity index (χ0v) is 13.9. The van der Waals surface area contributed by atoms with Gasteiger partial charge in [0.25, 0.3) is 0 Å². The van der Waals surface area contributed by atoms with Gasteiger partial charge >= 0.3 is 0 Å². The van der Waals surface area contributed by atoms with Crippen LogP contribution in [0.2, 0.25) is 0 Å². The van der Waals surface area contributed by atoms with Crippen molar-refractivity contribution in [3.63, 3.8) is 0 Å². The van der Waals surface area contributed by atoms with Crippen molar-refractivity contribution in [3.8, 4) is 0 Å². The van der Waals surface area contributed by atoms with E-state index < -0.39 is 10.8 Å². The standard InChI is InChI=1S/C13H20BrNO4S/c1-17-4-5-18-6-7-19-8-9-20(16)13-3-2-11(15)10-12(13)14/h2-3,10H,4-9,15H2,1H3. The molecule has 0 amide bonds. The summed E-state index contributed by atoms with van der Waals surface area (Å²) in [4.78, 5) is 0.735. The Morgan fingerprint density at radius 3 is 2.45 bits per heavy atom. The number of nitrogen functional groups attached to an aromatic ring is 1. The lowest BCUT2D eigenvalue weighted by molar-refractivity contribution is 0.0285. The second kappa shape index (κ2) is 10.3. The van der Waals surface area contributed by atoms with Crippen LogP contribution in [0.3, 0.4) is 0 Å². The highest BCUT2D eigenvalue weighted by Gasteiger charge is 2.08. The van der Waals surface area contributed by atoms with E-state index in [2.05, 4.69) is 15.9 Å². The van der Waals surface area contributed by atoms with Crippen molar-refractivity contribution in [2.75, 3.05) is 51.6 Å². The number of hydrogen-bond donors (Lipinski definition) is 1. The Balaban J connectivity index is 2.17. The third-order valence-electron chi connectivity index (χ3n) is 2.42. The van der Waals surface area contributed by atoms with Crippen molar-refractivity contribution in [1.82, 2.24) is 0 Å².